The first-order chi connectivity index (χ1) is 17.4. The Morgan fingerprint density at radius 3 is 2.53 bits per heavy atom. The number of thiocarbonyl (C=S) groups is 1. The van der Waals surface area contributed by atoms with Crippen molar-refractivity contribution in [1.82, 2.24) is 15.0 Å². The number of hydrazine groups is 1. The molecule has 1 aromatic heterocycles. The van der Waals surface area contributed by atoms with E-state index in [4.69, 9.17) is 17.0 Å². The topological polar surface area (TPSA) is 63.6 Å². The average molecular weight is 518 g/mol. The predicted octanol–water partition coefficient (Wildman–Crippen LogP) is 5.38. The van der Waals surface area contributed by atoms with Crippen LogP contribution in [-0.4, -0.2) is 32.8 Å². The van der Waals surface area contributed by atoms with Crippen LogP contribution in [0.15, 0.2) is 83.9 Å². The summed E-state index contributed by atoms with van der Waals surface area (Å²) in [5, 5.41) is 2.06. The summed E-state index contributed by atoms with van der Waals surface area (Å²) >= 11 is 6.50. The molecule has 1 fully saturated rings. The molecular formula is C27H20FN3O3S2. The first-order valence-corrected chi connectivity index (χ1v) is 12.2. The number of hydrogen-bond acceptors (Lipinski definition) is 5. The second kappa shape index (κ2) is 9.96. The van der Waals surface area contributed by atoms with Gasteiger partial charge in [0.25, 0.3) is 11.8 Å². The molecule has 1 saturated heterocycles. The number of rotatable bonds is 6. The van der Waals surface area contributed by atoms with Crippen LogP contribution >= 0.6 is 24.0 Å². The first-order valence-electron chi connectivity index (χ1n) is 11.0. The minimum absolute atomic E-state index is 0.239. The summed E-state index contributed by atoms with van der Waals surface area (Å²) in [6.07, 6.45) is 3.73. The van der Waals surface area contributed by atoms with Crippen molar-refractivity contribution in [2.45, 2.75) is 6.54 Å². The Bertz CT molecular complexity index is 1510. The van der Waals surface area contributed by atoms with E-state index in [2.05, 4.69) is 9.99 Å². The number of thioether (sulfide) groups is 1. The summed E-state index contributed by atoms with van der Waals surface area (Å²) in [6.45, 7) is 0.549. The van der Waals surface area contributed by atoms with Gasteiger partial charge in [-0.2, -0.15) is 5.01 Å². The van der Waals surface area contributed by atoms with Crippen LogP contribution in [-0.2, 0) is 11.3 Å². The number of nitrogens with one attached hydrogen (secondary N) is 1. The molecule has 1 aliphatic rings. The molecule has 36 heavy (non-hydrogen) atoms. The largest absolute Gasteiger partial charge is 0.497 e. The Hall–Kier alpha value is -3.95. The molecule has 2 amide bonds. The number of methoxy groups -OCH3 is 1. The van der Waals surface area contributed by atoms with Gasteiger partial charge in [0.05, 0.1) is 12.0 Å². The van der Waals surface area contributed by atoms with Gasteiger partial charge in [-0.25, -0.2) is 4.39 Å². The SMILES string of the molecule is COc1ccc(C(=O)NN2C(=O)/C(=C/c3cn(Cc4ccc(F)cc4)c4ccccc34)SC2=S)cc1. The summed E-state index contributed by atoms with van der Waals surface area (Å²) < 4.78 is 20.7. The zero-order valence-electron chi connectivity index (χ0n) is 19.1. The zero-order chi connectivity index (χ0) is 25.2. The number of fused-ring (bicyclic) bond motifs is 1. The van der Waals surface area contributed by atoms with E-state index in [1.165, 1.54) is 12.1 Å². The van der Waals surface area contributed by atoms with Gasteiger partial charge in [0.2, 0.25) is 0 Å². The van der Waals surface area contributed by atoms with Gasteiger partial charge in [0.1, 0.15) is 11.6 Å². The second-order valence-electron chi connectivity index (χ2n) is 8.04. The first kappa shape index (κ1) is 23.8. The molecule has 180 valence electrons. The smallest absolute Gasteiger partial charge is 0.285 e. The highest BCUT2D eigenvalue weighted by Crippen LogP contribution is 2.34. The number of ether oxygens (including phenoxy) is 1. The van der Waals surface area contributed by atoms with E-state index in [1.807, 2.05) is 30.5 Å². The van der Waals surface area contributed by atoms with Gasteiger partial charge in [0.15, 0.2) is 4.32 Å². The van der Waals surface area contributed by atoms with Gasteiger partial charge in [-0.1, -0.05) is 42.1 Å². The number of para-hydroxylation sites is 1. The van der Waals surface area contributed by atoms with Gasteiger partial charge in [0, 0.05) is 34.8 Å². The van der Waals surface area contributed by atoms with E-state index in [9.17, 15) is 14.0 Å². The summed E-state index contributed by atoms with van der Waals surface area (Å²) in [5.74, 6) is -0.509. The Morgan fingerprint density at radius 2 is 1.81 bits per heavy atom. The van der Waals surface area contributed by atoms with Crippen LogP contribution in [0.5, 0.6) is 5.75 Å². The molecule has 1 N–H and O–H groups in total. The lowest BCUT2D eigenvalue weighted by Crippen LogP contribution is -2.44. The molecule has 5 rings (SSSR count). The standard InChI is InChI=1S/C27H20FN3O3S2/c1-34-21-12-8-18(9-13-21)25(32)29-31-26(33)24(36-27(31)35)14-19-16-30(23-5-3-2-4-22(19)23)15-17-6-10-20(28)11-7-17/h2-14,16H,15H2,1H3,(H,29,32)/b24-14-. The molecule has 0 spiro atoms. The Kier molecular flexibility index (Phi) is 6.58. The van der Waals surface area contributed by atoms with Gasteiger partial charge < -0.3 is 9.30 Å². The quantitative estimate of drug-likeness (QED) is 0.275. The maximum atomic E-state index is 13.3. The van der Waals surface area contributed by atoms with Crippen molar-refractivity contribution in [2.24, 2.45) is 0 Å². The highest BCUT2D eigenvalue weighted by Gasteiger charge is 2.34. The maximum Gasteiger partial charge on any atom is 0.285 e. The van der Waals surface area contributed by atoms with Crippen molar-refractivity contribution in [3.63, 3.8) is 0 Å². The molecule has 4 aromatic rings. The number of nitrogens with zero attached hydrogens (tertiary/aromatic N) is 2. The third-order valence-electron chi connectivity index (χ3n) is 5.73. The molecule has 0 atom stereocenters. The van der Waals surface area contributed by atoms with Crippen LogP contribution in [0.4, 0.5) is 4.39 Å². The van der Waals surface area contributed by atoms with Crippen LogP contribution in [0.1, 0.15) is 21.5 Å². The number of aromatic nitrogens is 1. The van der Waals surface area contributed by atoms with Gasteiger partial charge in [-0.3, -0.25) is 15.0 Å². The van der Waals surface area contributed by atoms with Gasteiger partial charge >= 0.3 is 0 Å². The Labute approximate surface area is 216 Å². The lowest BCUT2D eigenvalue weighted by molar-refractivity contribution is -0.123. The van der Waals surface area contributed by atoms with Crippen LogP contribution < -0.4 is 10.2 Å². The molecule has 2 heterocycles. The summed E-state index contributed by atoms with van der Waals surface area (Å²) in [4.78, 5) is 26.2. The highest BCUT2D eigenvalue weighted by atomic mass is 32.2. The fourth-order valence-electron chi connectivity index (χ4n) is 3.92. The number of carbonyl (C=O) groups is 2. The van der Waals surface area contributed by atoms with E-state index in [0.29, 0.717) is 22.8 Å². The Morgan fingerprint density at radius 1 is 1.08 bits per heavy atom. The monoisotopic (exact) mass is 517 g/mol. The normalized spacial score (nSPS) is 14.6. The van der Waals surface area contributed by atoms with Gasteiger partial charge in [-0.05, 0) is 66.3 Å². The van der Waals surface area contributed by atoms with E-state index >= 15 is 0 Å². The average Bonchev–Trinajstić information content (AvgIpc) is 3.37. The number of carbonyl (C=O) groups excluding carboxylic acids is 2. The van der Waals surface area contributed by atoms with Crippen molar-refractivity contribution >= 4 is 57.1 Å². The van der Waals surface area contributed by atoms with Crippen LogP contribution in [0.2, 0.25) is 0 Å². The minimum atomic E-state index is -0.453. The second-order valence-corrected chi connectivity index (χ2v) is 9.72. The van der Waals surface area contributed by atoms with Crippen molar-refractivity contribution in [2.75, 3.05) is 7.11 Å². The van der Waals surface area contributed by atoms with E-state index < -0.39 is 11.8 Å². The molecule has 0 unspecified atom stereocenters. The number of hydrogen-bond donors (Lipinski definition) is 1. The summed E-state index contributed by atoms with van der Waals surface area (Å²) in [6, 6.07) is 20.8. The van der Waals surface area contributed by atoms with Crippen molar-refractivity contribution < 1.29 is 18.7 Å². The maximum absolute atomic E-state index is 13.3. The van der Waals surface area contributed by atoms with Crippen molar-refractivity contribution in [3.8, 4) is 5.75 Å². The van der Waals surface area contributed by atoms with Crippen LogP contribution in [0.3, 0.4) is 0 Å². The lowest BCUT2D eigenvalue weighted by atomic mass is 10.1. The molecule has 3 aromatic carbocycles. The van der Waals surface area contributed by atoms with Crippen molar-refractivity contribution in [3.05, 3.63) is 106 Å². The molecule has 9 heteroatoms. The van der Waals surface area contributed by atoms with Crippen LogP contribution in [0.25, 0.3) is 17.0 Å². The highest BCUT2D eigenvalue weighted by molar-refractivity contribution is 8.26. The number of halogens is 1. The third-order valence-corrected chi connectivity index (χ3v) is 7.03. The molecule has 0 aliphatic carbocycles. The molecule has 0 saturated carbocycles. The molecule has 0 bridgehead atoms. The molecule has 1 aliphatic heterocycles. The predicted molar refractivity (Wildman–Crippen MR) is 143 cm³/mol. The molecule has 6 nitrogen and oxygen atoms in total. The third kappa shape index (κ3) is 4.75. The fourth-order valence-corrected chi connectivity index (χ4v) is 5.09. The lowest BCUT2D eigenvalue weighted by Gasteiger charge is -2.15. The molecule has 0 radical (unpaired) electrons. The Balaban J connectivity index is 1.39. The minimum Gasteiger partial charge on any atom is -0.497 e. The summed E-state index contributed by atoms with van der Waals surface area (Å²) in [5.41, 5.74) is 5.75. The number of amides is 2. The zero-order valence-corrected chi connectivity index (χ0v) is 20.7. The van der Waals surface area contributed by atoms with E-state index in [1.54, 1.807) is 49.6 Å². The fraction of sp³-hybridized carbons (Fsp3) is 0.0741. The summed E-state index contributed by atoms with van der Waals surface area (Å²) in [7, 11) is 1.54. The van der Waals surface area contributed by atoms with E-state index in [-0.39, 0.29) is 10.1 Å². The van der Waals surface area contributed by atoms with E-state index in [0.717, 1.165) is 38.8 Å². The van der Waals surface area contributed by atoms with Crippen molar-refractivity contribution in [1.29, 1.82) is 0 Å². The van der Waals surface area contributed by atoms with Crippen LogP contribution in [0, 0.1) is 5.82 Å². The number of benzene rings is 3. The van der Waals surface area contributed by atoms with Gasteiger partial charge in [-0.15, -0.1) is 0 Å². The molecular weight excluding hydrogens is 497 g/mol.